The lowest BCUT2D eigenvalue weighted by Gasteiger charge is -2.32. The highest BCUT2D eigenvalue weighted by atomic mass is 16.5. The van der Waals surface area contributed by atoms with Crippen molar-refractivity contribution in [1.82, 2.24) is 0 Å². The fourth-order valence-corrected chi connectivity index (χ4v) is 1.38. The molecule has 2 unspecified atom stereocenters. The van der Waals surface area contributed by atoms with Gasteiger partial charge in [0.05, 0.1) is 0 Å². The first-order chi connectivity index (χ1) is 6.16. The highest BCUT2D eigenvalue weighted by molar-refractivity contribution is 5.78. The van der Waals surface area contributed by atoms with Gasteiger partial charge in [-0.15, -0.1) is 0 Å². The van der Waals surface area contributed by atoms with Gasteiger partial charge in [0, 0.05) is 12.7 Å². The molecule has 0 aliphatic heterocycles. The predicted molar refractivity (Wildman–Crippen MR) is 49.3 cm³/mol. The molecule has 0 aromatic heterocycles. The lowest BCUT2D eigenvalue weighted by molar-refractivity contribution is -0.104. The Hall–Kier alpha value is -0.930. The van der Waals surface area contributed by atoms with Crippen LogP contribution < -0.4 is 0 Å². The van der Waals surface area contributed by atoms with Gasteiger partial charge in [0.2, 0.25) is 0 Å². The van der Waals surface area contributed by atoms with E-state index in [1.165, 1.54) is 7.11 Å². The van der Waals surface area contributed by atoms with E-state index in [-0.39, 0.29) is 0 Å². The van der Waals surface area contributed by atoms with Crippen LogP contribution in [0.15, 0.2) is 23.8 Å². The smallest absolute Gasteiger partial charge is 0.149 e. The molecule has 13 heavy (non-hydrogen) atoms. The Morgan fingerprint density at radius 3 is 2.92 bits per heavy atom. The van der Waals surface area contributed by atoms with E-state index >= 15 is 0 Å². The van der Waals surface area contributed by atoms with Gasteiger partial charge in [-0.25, -0.2) is 0 Å². The van der Waals surface area contributed by atoms with Crippen molar-refractivity contribution >= 4 is 6.29 Å². The minimum Gasteiger partial charge on any atom is -0.383 e. The van der Waals surface area contributed by atoms with Crippen molar-refractivity contribution < 1.29 is 14.6 Å². The second-order valence-corrected chi connectivity index (χ2v) is 3.12. The largest absolute Gasteiger partial charge is 0.383 e. The molecule has 72 valence electrons. The normalized spacial score (nSPS) is 32.8. The zero-order chi connectivity index (χ0) is 9.90. The van der Waals surface area contributed by atoms with Gasteiger partial charge in [-0.3, -0.25) is 4.79 Å². The highest BCUT2D eigenvalue weighted by Crippen LogP contribution is 2.25. The molecule has 1 rings (SSSR count). The van der Waals surface area contributed by atoms with Crippen molar-refractivity contribution in [2.75, 3.05) is 7.11 Å². The zero-order valence-electron chi connectivity index (χ0n) is 7.86. The number of rotatable bonds is 3. The summed E-state index contributed by atoms with van der Waals surface area (Å²) < 4.78 is 5.09. The number of allylic oxidation sites excluding steroid dienone is 2. The molecule has 0 heterocycles. The Bertz CT molecular complexity index is 255. The molecule has 1 N–H and O–H groups in total. The Kier molecular flexibility index (Phi) is 3.01. The fourth-order valence-electron chi connectivity index (χ4n) is 1.38. The van der Waals surface area contributed by atoms with Crippen LogP contribution in [0.5, 0.6) is 0 Å². The third-order valence-electron chi connectivity index (χ3n) is 2.36. The van der Waals surface area contributed by atoms with Gasteiger partial charge in [0.15, 0.2) is 0 Å². The second kappa shape index (κ2) is 3.85. The van der Waals surface area contributed by atoms with Crippen LogP contribution in [0.4, 0.5) is 0 Å². The average Bonchev–Trinajstić information content (AvgIpc) is 2.18. The molecule has 3 heteroatoms. The summed E-state index contributed by atoms with van der Waals surface area (Å²) in [5.74, 6) is 0. The molecule has 0 bridgehead atoms. The van der Waals surface area contributed by atoms with E-state index in [1.807, 2.05) is 6.92 Å². The maximum Gasteiger partial charge on any atom is 0.149 e. The standard InChI is InChI=1S/C10H14O3/c1-3-10(12)5-4-8(7-11)6-9(10)13-2/h4-7,9,12H,3H2,1-2H3. The predicted octanol–water partition coefficient (Wildman–Crippen LogP) is 0.838. The quantitative estimate of drug-likeness (QED) is 0.658. The summed E-state index contributed by atoms with van der Waals surface area (Å²) in [5, 5.41) is 9.98. The molecule has 0 spiro atoms. The van der Waals surface area contributed by atoms with Crippen LogP contribution in [0.25, 0.3) is 0 Å². The lowest BCUT2D eigenvalue weighted by atomic mass is 9.87. The molecule has 0 amide bonds. The minimum absolute atomic E-state index is 0.428. The maximum atomic E-state index is 10.5. The van der Waals surface area contributed by atoms with Crippen molar-refractivity contribution in [3.63, 3.8) is 0 Å². The third-order valence-corrected chi connectivity index (χ3v) is 2.36. The molecule has 1 aliphatic carbocycles. The fraction of sp³-hybridized carbons (Fsp3) is 0.500. The molecular formula is C10H14O3. The van der Waals surface area contributed by atoms with E-state index in [9.17, 15) is 9.90 Å². The summed E-state index contributed by atoms with van der Waals surface area (Å²) in [6, 6.07) is 0. The van der Waals surface area contributed by atoms with E-state index in [4.69, 9.17) is 4.74 Å². The van der Waals surface area contributed by atoms with Gasteiger partial charge < -0.3 is 9.84 Å². The monoisotopic (exact) mass is 182 g/mol. The summed E-state index contributed by atoms with van der Waals surface area (Å²) >= 11 is 0. The van der Waals surface area contributed by atoms with Gasteiger partial charge in [0.1, 0.15) is 18.0 Å². The molecule has 0 fully saturated rings. The molecular weight excluding hydrogens is 168 g/mol. The van der Waals surface area contributed by atoms with Gasteiger partial charge >= 0.3 is 0 Å². The number of carbonyl (C=O) groups is 1. The number of aliphatic hydroxyl groups is 1. The first-order valence-corrected chi connectivity index (χ1v) is 4.27. The molecule has 2 atom stereocenters. The van der Waals surface area contributed by atoms with Crippen molar-refractivity contribution in [3.8, 4) is 0 Å². The third kappa shape index (κ3) is 1.87. The van der Waals surface area contributed by atoms with Crippen LogP contribution in [-0.4, -0.2) is 30.2 Å². The minimum atomic E-state index is -0.971. The lowest BCUT2D eigenvalue weighted by Crippen LogP contribution is -2.41. The summed E-state index contributed by atoms with van der Waals surface area (Å²) in [7, 11) is 1.52. The SMILES string of the molecule is CCC1(O)C=CC(C=O)=CC1OC. The van der Waals surface area contributed by atoms with Crippen LogP contribution in [0.2, 0.25) is 0 Å². The van der Waals surface area contributed by atoms with Crippen molar-refractivity contribution in [3.05, 3.63) is 23.8 Å². The van der Waals surface area contributed by atoms with Crippen LogP contribution in [0.3, 0.4) is 0 Å². The summed E-state index contributed by atoms with van der Waals surface area (Å²) in [4.78, 5) is 10.5. The van der Waals surface area contributed by atoms with Crippen LogP contribution in [0, 0.1) is 0 Å². The Morgan fingerprint density at radius 1 is 1.77 bits per heavy atom. The highest BCUT2D eigenvalue weighted by Gasteiger charge is 2.33. The first-order valence-electron chi connectivity index (χ1n) is 4.27. The second-order valence-electron chi connectivity index (χ2n) is 3.12. The zero-order valence-corrected chi connectivity index (χ0v) is 7.86. The Morgan fingerprint density at radius 2 is 2.46 bits per heavy atom. The van der Waals surface area contributed by atoms with E-state index in [1.54, 1.807) is 18.2 Å². The maximum absolute atomic E-state index is 10.5. The van der Waals surface area contributed by atoms with E-state index in [0.717, 1.165) is 6.29 Å². The molecule has 3 nitrogen and oxygen atoms in total. The molecule has 0 saturated carbocycles. The Balaban J connectivity index is 2.91. The van der Waals surface area contributed by atoms with Gasteiger partial charge in [-0.2, -0.15) is 0 Å². The molecule has 0 aromatic carbocycles. The van der Waals surface area contributed by atoms with Gasteiger partial charge in [0.25, 0.3) is 0 Å². The Labute approximate surface area is 77.7 Å². The molecule has 1 aliphatic rings. The van der Waals surface area contributed by atoms with Crippen LogP contribution in [0.1, 0.15) is 13.3 Å². The summed E-state index contributed by atoms with van der Waals surface area (Å²) in [5.41, 5.74) is -0.425. The van der Waals surface area contributed by atoms with Crippen LogP contribution in [-0.2, 0) is 9.53 Å². The molecule has 0 radical (unpaired) electrons. The molecule has 0 saturated heterocycles. The van der Waals surface area contributed by atoms with Crippen molar-refractivity contribution in [1.29, 1.82) is 0 Å². The van der Waals surface area contributed by atoms with Gasteiger partial charge in [-0.1, -0.05) is 13.0 Å². The first kappa shape index (κ1) is 10.2. The molecule has 0 aromatic rings. The van der Waals surface area contributed by atoms with E-state index < -0.39 is 11.7 Å². The topological polar surface area (TPSA) is 46.5 Å². The van der Waals surface area contributed by atoms with Gasteiger partial charge in [-0.05, 0) is 18.6 Å². The summed E-state index contributed by atoms with van der Waals surface area (Å²) in [6.07, 6.45) is 5.75. The summed E-state index contributed by atoms with van der Waals surface area (Å²) in [6.45, 7) is 1.87. The number of hydrogen-bond donors (Lipinski definition) is 1. The average molecular weight is 182 g/mol. The number of methoxy groups -OCH3 is 1. The van der Waals surface area contributed by atoms with Crippen molar-refractivity contribution in [2.24, 2.45) is 0 Å². The van der Waals surface area contributed by atoms with Crippen LogP contribution >= 0.6 is 0 Å². The van der Waals surface area contributed by atoms with E-state index in [0.29, 0.717) is 12.0 Å². The number of carbonyl (C=O) groups excluding carboxylic acids is 1. The number of aldehydes is 1. The number of hydrogen-bond acceptors (Lipinski definition) is 3. The van der Waals surface area contributed by atoms with Crippen molar-refractivity contribution in [2.45, 2.75) is 25.0 Å². The van der Waals surface area contributed by atoms with E-state index in [2.05, 4.69) is 0 Å². The number of ether oxygens (including phenoxy) is 1.